The van der Waals surface area contributed by atoms with Gasteiger partial charge in [-0.05, 0) is 53.8 Å². The summed E-state index contributed by atoms with van der Waals surface area (Å²) in [6, 6.07) is 18.5. The highest BCUT2D eigenvalue weighted by molar-refractivity contribution is 5.76. The Morgan fingerprint density at radius 3 is 2.22 bits per heavy atom. The minimum atomic E-state index is -4.45. The minimum absolute atomic E-state index is 0.0763. The maximum atomic E-state index is 13.6. The van der Waals surface area contributed by atoms with Crippen LogP contribution in [0.5, 0.6) is 0 Å². The number of carbonyl (C=O) groups is 1. The van der Waals surface area contributed by atoms with Crippen molar-refractivity contribution >= 4 is 5.91 Å². The molecule has 0 radical (unpaired) electrons. The molecule has 168 valence electrons. The standard InChI is InChI=1S/C25H23F4NO2/c26-21-8-4-7-19(16-21)24(32)22(15-18-9-12-20(13-10-18)25(27,28)29)30-23(31)14-11-17-5-2-1-3-6-17/h1-10,12-13,16,22,24,32H,11,14-15H2,(H,30,31). The zero-order valence-corrected chi connectivity index (χ0v) is 17.1. The molecule has 3 rings (SSSR count). The first-order valence-corrected chi connectivity index (χ1v) is 10.2. The topological polar surface area (TPSA) is 49.3 Å². The first-order valence-electron chi connectivity index (χ1n) is 10.2. The second kappa shape index (κ2) is 10.4. The molecule has 3 aromatic carbocycles. The number of aryl methyl sites for hydroxylation is 1. The van der Waals surface area contributed by atoms with Crippen molar-refractivity contribution in [1.82, 2.24) is 5.32 Å². The lowest BCUT2D eigenvalue weighted by Gasteiger charge is -2.25. The van der Waals surface area contributed by atoms with Gasteiger partial charge in [-0.1, -0.05) is 54.6 Å². The molecule has 0 aliphatic rings. The summed E-state index contributed by atoms with van der Waals surface area (Å²) in [5.41, 5.74) is 0.968. The summed E-state index contributed by atoms with van der Waals surface area (Å²) in [7, 11) is 0. The fraction of sp³-hybridized carbons (Fsp3) is 0.240. The predicted molar refractivity (Wildman–Crippen MR) is 113 cm³/mol. The van der Waals surface area contributed by atoms with Crippen LogP contribution in [0.4, 0.5) is 17.6 Å². The molecule has 2 atom stereocenters. The van der Waals surface area contributed by atoms with Crippen LogP contribution in [0.3, 0.4) is 0 Å². The molecule has 7 heteroatoms. The molecule has 3 aromatic rings. The monoisotopic (exact) mass is 445 g/mol. The van der Waals surface area contributed by atoms with E-state index in [4.69, 9.17) is 0 Å². The van der Waals surface area contributed by atoms with Gasteiger partial charge in [0.05, 0.1) is 17.7 Å². The van der Waals surface area contributed by atoms with Crippen molar-refractivity contribution in [1.29, 1.82) is 0 Å². The van der Waals surface area contributed by atoms with Crippen molar-refractivity contribution in [3.8, 4) is 0 Å². The van der Waals surface area contributed by atoms with Gasteiger partial charge in [0.25, 0.3) is 0 Å². The molecular formula is C25H23F4NO2. The first-order chi connectivity index (χ1) is 15.2. The van der Waals surface area contributed by atoms with Crippen LogP contribution in [-0.4, -0.2) is 17.1 Å². The van der Waals surface area contributed by atoms with Crippen molar-refractivity contribution in [2.45, 2.75) is 37.6 Å². The summed E-state index contributed by atoms with van der Waals surface area (Å²) in [5.74, 6) is -0.855. The molecule has 0 fully saturated rings. The molecule has 0 saturated carbocycles. The average molecular weight is 445 g/mol. The van der Waals surface area contributed by atoms with Gasteiger partial charge in [0.2, 0.25) is 5.91 Å². The van der Waals surface area contributed by atoms with Crippen molar-refractivity contribution < 1.29 is 27.5 Å². The van der Waals surface area contributed by atoms with Gasteiger partial charge in [0.1, 0.15) is 5.82 Å². The van der Waals surface area contributed by atoms with Crippen LogP contribution in [0.15, 0.2) is 78.9 Å². The summed E-state index contributed by atoms with van der Waals surface area (Å²) >= 11 is 0. The summed E-state index contributed by atoms with van der Waals surface area (Å²) < 4.78 is 52.1. The lowest BCUT2D eigenvalue weighted by molar-refractivity contribution is -0.137. The Kier molecular flexibility index (Phi) is 7.64. The van der Waals surface area contributed by atoms with Gasteiger partial charge in [0, 0.05) is 6.42 Å². The van der Waals surface area contributed by atoms with Crippen LogP contribution >= 0.6 is 0 Å². The summed E-state index contributed by atoms with van der Waals surface area (Å²) in [4.78, 5) is 12.6. The van der Waals surface area contributed by atoms with E-state index in [2.05, 4.69) is 5.32 Å². The Hall–Kier alpha value is -3.19. The van der Waals surface area contributed by atoms with E-state index in [9.17, 15) is 27.5 Å². The number of halogens is 4. The predicted octanol–water partition coefficient (Wildman–Crippen LogP) is 5.24. The second-order valence-electron chi connectivity index (χ2n) is 7.56. The second-order valence-corrected chi connectivity index (χ2v) is 7.56. The Morgan fingerprint density at radius 1 is 0.906 bits per heavy atom. The highest BCUT2D eigenvalue weighted by Crippen LogP contribution is 2.29. The lowest BCUT2D eigenvalue weighted by Crippen LogP contribution is -2.41. The van der Waals surface area contributed by atoms with Gasteiger partial charge in [-0.3, -0.25) is 4.79 Å². The molecule has 0 bridgehead atoms. The quantitative estimate of drug-likeness (QED) is 0.466. The van der Waals surface area contributed by atoms with Gasteiger partial charge in [-0.2, -0.15) is 13.2 Å². The van der Waals surface area contributed by atoms with Crippen LogP contribution < -0.4 is 5.32 Å². The van der Waals surface area contributed by atoms with E-state index in [1.165, 1.54) is 36.4 Å². The Morgan fingerprint density at radius 2 is 1.59 bits per heavy atom. The third kappa shape index (κ3) is 6.65. The van der Waals surface area contributed by atoms with Gasteiger partial charge < -0.3 is 10.4 Å². The van der Waals surface area contributed by atoms with Crippen LogP contribution in [0, 0.1) is 5.82 Å². The maximum Gasteiger partial charge on any atom is 0.416 e. The fourth-order valence-corrected chi connectivity index (χ4v) is 3.43. The number of hydrogen-bond donors (Lipinski definition) is 2. The van der Waals surface area contributed by atoms with E-state index in [0.717, 1.165) is 17.7 Å². The van der Waals surface area contributed by atoms with Gasteiger partial charge >= 0.3 is 6.18 Å². The number of benzene rings is 3. The van der Waals surface area contributed by atoms with Gasteiger partial charge in [-0.15, -0.1) is 0 Å². The molecule has 0 aromatic heterocycles. The first kappa shape index (κ1) is 23.5. The Balaban J connectivity index is 1.75. The molecular weight excluding hydrogens is 422 g/mol. The zero-order valence-electron chi connectivity index (χ0n) is 17.1. The third-order valence-corrected chi connectivity index (χ3v) is 5.14. The van der Waals surface area contributed by atoms with Crippen LogP contribution in [0.25, 0.3) is 0 Å². The number of rotatable bonds is 8. The van der Waals surface area contributed by atoms with E-state index in [1.807, 2.05) is 30.3 Å². The van der Waals surface area contributed by atoms with Crippen molar-refractivity contribution in [2.24, 2.45) is 0 Å². The Labute approximate surface area is 183 Å². The molecule has 0 spiro atoms. The van der Waals surface area contributed by atoms with Crippen LogP contribution in [0.2, 0.25) is 0 Å². The molecule has 0 aliphatic carbocycles. The number of aliphatic hydroxyl groups is 1. The Bertz CT molecular complexity index is 1020. The zero-order chi connectivity index (χ0) is 23.1. The summed E-state index contributed by atoms with van der Waals surface area (Å²) in [5, 5.41) is 13.6. The number of carbonyl (C=O) groups excluding carboxylic acids is 1. The van der Waals surface area contributed by atoms with E-state index >= 15 is 0 Å². The summed E-state index contributed by atoms with van der Waals surface area (Å²) in [6.45, 7) is 0. The van der Waals surface area contributed by atoms with Gasteiger partial charge in [-0.25, -0.2) is 4.39 Å². The number of nitrogens with one attached hydrogen (secondary N) is 1. The normalized spacial score (nSPS) is 13.4. The molecule has 3 nitrogen and oxygen atoms in total. The third-order valence-electron chi connectivity index (χ3n) is 5.14. The van der Waals surface area contributed by atoms with E-state index in [1.54, 1.807) is 0 Å². The molecule has 0 heterocycles. The molecule has 0 saturated heterocycles. The average Bonchev–Trinajstić information content (AvgIpc) is 2.77. The number of alkyl halides is 3. The van der Waals surface area contributed by atoms with Crippen molar-refractivity contribution in [3.05, 3.63) is 107 Å². The van der Waals surface area contributed by atoms with E-state index < -0.39 is 29.7 Å². The van der Waals surface area contributed by atoms with E-state index in [-0.39, 0.29) is 24.3 Å². The number of hydrogen-bond acceptors (Lipinski definition) is 2. The number of aliphatic hydroxyl groups excluding tert-OH is 1. The van der Waals surface area contributed by atoms with Crippen LogP contribution in [-0.2, 0) is 23.8 Å². The molecule has 0 aliphatic heterocycles. The lowest BCUT2D eigenvalue weighted by atomic mass is 9.95. The fourth-order valence-electron chi connectivity index (χ4n) is 3.43. The maximum absolute atomic E-state index is 13.6. The highest BCUT2D eigenvalue weighted by Gasteiger charge is 2.30. The van der Waals surface area contributed by atoms with Crippen molar-refractivity contribution in [3.63, 3.8) is 0 Å². The smallest absolute Gasteiger partial charge is 0.386 e. The summed E-state index contributed by atoms with van der Waals surface area (Å²) in [6.07, 6.45) is -4.95. The molecule has 2 unspecified atom stereocenters. The number of amides is 1. The van der Waals surface area contributed by atoms with Crippen molar-refractivity contribution in [2.75, 3.05) is 0 Å². The SMILES string of the molecule is O=C(CCc1ccccc1)NC(Cc1ccc(C(F)(F)F)cc1)C(O)c1cccc(F)c1. The highest BCUT2D eigenvalue weighted by atomic mass is 19.4. The van der Waals surface area contributed by atoms with Gasteiger partial charge in [0.15, 0.2) is 0 Å². The minimum Gasteiger partial charge on any atom is -0.386 e. The molecule has 2 N–H and O–H groups in total. The molecule has 32 heavy (non-hydrogen) atoms. The largest absolute Gasteiger partial charge is 0.416 e. The van der Waals surface area contributed by atoms with Crippen LogP contribution in [0.1, 0.15) is 34.8 Å². The molecule has 1 amide bonds. The van der Waals surface area contributed by atoms with E-state index in [0.29, 0.717) is 12.0 Å².